The summed E-state index contributed by atoms with van der Waals surface area (Å²) in [5.74, 6) is 0.231. The van der Waals surface area contributed by atoms with E-state index in [-0.39, 0.29) is 16.6 Å². The number of benzene rings is 2. The average Bonchev–Trinajstić information content (AvgIpc) is 3.22. The highest BCUT2D eigenvalue weighted by atomic mass is 32.2. The predicted octanol–water partition coefficient (Wildman–Crippen LogP) is 3.47. The summed E-state index contributed by atoms with van der Waals surface area (Å²) >= 11 is 2.84. The molecule has 10 heteroatoms. The Bertz CT molecular complexity index is 1220. The molecule has 0 aliphatic carbocycles. The zero-order valence-electron chi connectivity index (χ0n) is 18.7. The van der Waals surface area contributed by atoms with Crippen LogP contribution in [0.4, 0.5) is 5.13 Å². The van der Waals surface area contributed by atoms with Crippen molar-refractivity contribution < 1.29 is 17.9 Å². The Labute approximate surface area is 202 Å². The molecule has 1 fully saturated rings. The van der Waals surface area contributed by atoms with E-state index >= 15 is 0 Å². The van der Waals surface area contributed by atoms with Gasteiger partial charge in [-0.3, -0.25) is 14.6 Å². The van der Waals surface area contributed by atoms with Gasteiger partial charge >= 0.3 is 0 Å². The summed E-state index contributed by atoms with van der Waals surface area (Å²) in [5.41, 5.74) is 1.60. The van der Waals surface area contributed by atoms with Crippen molar-refractivity contribution in [2.24, 2.45) is 0 Å². The van der Waals surface area contributed by atoms with Gasteiger partial charge in [0, 0.05) is 37.3 Å². The summed E-state index contributed by atoms with van der Waals surface area (Å²) < 4.78 is 30.7. The summed E-state index contributed by atoms with van der Waals surface area (Å²) in [7, 11) is -3.43. The summed E-state index contributed by atoms with van der Waals surface area (Å²) in [6.07, 6.45) is 1.18. The van der Waals surface area contributed by atoms with E-state index in [1.807, 2.05) is 37.3 Å². The van der Waals surface area contributed by atoms with E-state index in [1.165, 1.54) is 34.9 Å². The van der Waals surface area contributed by atoms with Crippen molar-refractivity contribution in [2.75, 3.05) is 56.3 Å². The van der Waals surface area contributed by atoms with Gasteiger partial charge in [-0.25, -0.2) is 13.4 Å². The summed E-state index contributed by atoms with van der Waals surface area (Å²) in [5, 5.41) is 0.531. The van der Waals surface area contributed by atoms with Gasteiger partial charge in [0.05, 0.1) is 28.6 Å². The number of thiazole rings is 1. The number of hydrogen-bond donors (Lipinski definition) is 0. The first kappa shape index (κ1) is 24.2. The number of anilines is 1. The molecule has 1 amide bonds. The number of carbonyl (C=O) groups is 1. The topological polar surface area (TPSA) is 79.8 Å². The summed E-state index contributed by atoms with van der Waals surface area (Å²) in [6.45, 7) is 6.27. The summed E-state index contributed by atoms with van der Waals surface area (Å²) in [4.78, 5) is 23.1. The fourth-order valence-electron chi connectivity index (χ4n) is 3.58. The smallest absolute Gasteiger partial charge is 0.239 e. The minimum absolute atomic E-state index is 0.0474. The highest BCUT2D eigenvalue weighted by Crippen LogP contribution is 2.33. The predicted molar refractivity (Wildman–Crippen MR) is 134 cm³/mol. The number of rotatable bonds is 8. The molecule has 0 radical (unpaired) electrons. The zero-order valence-corrected chi connectivity index (χ0v) is 21.1. The number of thioether (sulfide) groups is 1. The molecule has 176 valence electrons. The molecule has 1 aliphatic rings. The molecule has 0 N–H and O–H groups in total. The second kappa shape index (κ2) is 10.5. The second-order valence-corrected chi connectivity index (χ2v) is 12.0. The highest BCUT2D eigenvalue weighted by molar-refractivity contribution is 8.00. The molecule has 1 aromatic heterocycles. The normalized spacial score (nSPS) is 15.1. The number of aryl methyl sites for hydroxylation is 1. The van der Waals surface area contributed by atoms with E-state index in [0.717, 1.165) is 22.7 Å². The SMILES string of the molecule is Cc1ccc(SCC(=O)N(CCN2CCOCC2)c2nc3c(S(C)(=O)=O)cccc3s2)cc1. The first-order chi connectivity index (χ1) is 15.8. The lowest BCUT2D eigenvalue weighted by Crippen LogP contribution is -2.43. The lowest BCUT2D eigenvalue weighted by atomic mass is 10.2. The number of para-hydroxylation sites is 1. The van der Waals surface area contributed by atoms with Crippen LogP contribution in [0.25, 0.3) is 10.2 Å². The van der Waals surface area contributed by atoms with E-state index < -0.39 is 9.84 Å². The second-order valence-electron chi connectivity index (χ2n) is 7.97. The van der Waals surface area contributed by atoms with Gasteiger partial charge in [0.25, 0.3) is 0 Å². The van der Waals surface area contributed by atoms with Crippen LogP contribution < -0.4 is 4.90 Å². The maximum atomic E-state index is 13.3. The van der Waals surface area contributed by atoms with Crippen LogP contribution in [0.15, 0.2) is 52.3 Å². The van der Waals surface area contributed by atoms with Crippen molar-refractivity contribution in [3.8, 4) is 0 Å². The summed E-state index contributed by atoms with van der Waals surface area (Å²) in [6, 6.07) is 13.2. The molecule has 2 aromatic carbocycles. The Hall–Kier alpha value is -1.98. The van der Waals surface area contributed by atoms with Crippen LogP contribution in [0, 0.1) is 6.92 Å². The van der Waals surface area contributed by atoms with Crippen molar-refractivity contribution in [1.29, 1.82) is 0 Å². The van der Waals surface area contributed by atoms with Gasteiger partial charge in [-0.05, 0) is 31.2 Å². The van der Waals surface area contributed by atoms with Crippen molar-refractivity contribution in [1.82, 2.24) is 9.88 Å². The molecule has 0 spiro atoms. The number of amides is 1. The van der Waals surface area contributed by atoms with Crippen LogP contribution in [-0.2, 0) is 19.4 Å². The fourth-order valence-corrected chi connectivity index (χ4v) is 6.28. The number of ether oxygens (including phenoxy) is 1. The number of morpholine rings is 1. The van der Waals surface area contributed by atoms with Crippen molar-refractivity contribution in [2.45, 2.75) is 16.7 Å². The minimum Gasteiger partial charge on any atom is -0.379 e. The Balaban J connectivity index is 1.58. The molecule has 0 saturated carbocycles. The molecule has 7 nitrogen and oxygen atoms in total. The molecule has 0 unspecified atom stereocenters. The monoisotopic (exact) mass is 505 g/mol. The number of fused-ring (bicyclic) bond motifs is 1. The standard InChI is InChI=1S/C23H27N3O4S3/c1-17-6-8-18(9-7-17)31-16-21(27)26(11-10-25-12-14-30-15-13-25)23-24-22-19(32-23)4-3-5-20(22)33(2,28)29/h3-9H,10-16H2,1-2H3. The Morgan fingerprint density at radius 1 is 1.18 bits per heavy atom. The number of carbonyl (C=O) groups excluding carboxylic acids is 1. The van der Waals surface area contributed by atoms with Gasteiger partial charge in [-0.15, -0.1) is 11.8 Å². The molecule has 0 atom stereocenters. The van der Waals surface area contributed by atoms with E-state index in [9.17, 15) is 13.2 Å². The van der Waals surface area contributed by atoms with Crippen LogP contribution in [0.5, 0.6) is 0 Å². The molecule has 0 bridgehead atoms. The number of hydrogen-bond acceptors (Lipinski definition) is 8. The molecule has 4 rings (SSSR count). The van der Waals surface area contributed by atoms with E-state index in [4.69, 9.17) is 4.74 Å². The lowest BCUT2D eigenvalue weighted by molar-refractivity contribution is -0.116. The number of nitrogens with zero attached hydrogens (tertiary/aromatic N) is 3. The van der Waals surface area contributed by atoms with Crippen molar-refractivity contribution in [3.05, 3.63) is 48.0 Å². The molecule has 33 heavy (non-hydrogen) atoms. The van der Waals surface area contributed by atoms with Crippen LogP contribution in [0.3, 0.4) is 0 Å². The van der Waals surface area contributed by atoms with Crippen LogP contribution >= 0.6 is 23.1 Å². The lowest BCUT2D eigenvalue weighted by Gasteiger charge is -2.29. The van der Waals surface area contributed by atoms with Crippen LogP contribution in [-0.4, -0.2) is 75.6 Å². The Kier molecular flexibility index (Phi) is 7.70. The van der Waals surface area contributed by atoms with Crippen LogP contribution in [0.1, 0.15) is 5.56 Å². The fraction of sp³-hybridized carbons (Fsp3) is 0.391. The maximum Gasteiger partial charge on any atom is 0.239 e. The van der Waals surface area contributed by atoms with E-state index in [0.29, 0.717) is 37.0 Å². The number of sulfone groups is 1. The zero-order chi connectivity index (χ0) is 23.4. The van der Waals surface area contributed by atoms with Gasteiger partial charge in [-0.2, -0.15) is 0 Å². The molecule has 3 aromatic rings. The first-order valence-electron chi connectivity index (χ1n) is 10.7. The van der Waals surface area contributed by atoms with Gasteiger partial charge in [-0.1, -0.05) is 35.1 Å². The minimum atomic E-state index is -3.43. The highest BCUT2D eigenvalue weighted by Gasteiger charge is 2.23. The molecule has 2 heterocycles. The van der Waals surface area contributed by atoms with Crippen molar-refractivity contribution in [3.63, 3.8) is 0 Å². The molecule has 1 saturated heterocycles. The average molecular weight is 506 g/mol. The van der Waals surface area contributed by atoms with E-state index in [1.54, 1.807) is 17.0 Å². The van der Waals surface area contributed by atoms with E-state index in [2.05, 4.69) is 9.88 Å². The first-order valence-corrected chi connectivity index (χ1v) is 14.4. The maximum absolute atomic E-state index is 13.3. The number of aromatic nitrogens is 1. The largest absolute Gasteiger partial charge is 0.379 e. The third-order valence-electron chi connectivity index (χ3n) is 5.43. The Morgan fingerprint density at radius 3 is 2.61 bits per heavy atom. The van der Waals surface area contributed by atoms with Gasteiger partial charge in [0.1, 0.15) is 5.52 Å². The van der Waals surface area contributed by atoms with Crippen LogP contribution in [0.2, 0.25) is 0 Å². The van der Waals surface area contributed by atoms with Gasteiger partial charge < -0.3 is 4.74 Å². The van der Waals surface area contributed by atoms with Crippen molar-refractivity contribution >= 4 is 54.2 Å². The Morgan fingerprint density at radius 2 is 1.91 bits per heavy atom. The van der Waals surface area contributed by atoms with Gasteiger partial charge in [0.2, 0.25) is 5.91 Å². The molecule has 1 aliphatic heterocycles. The van der Waals surface area contributed by atoms with Gasteiger partial charge in [0.15, 0.2) is 15.0 Å². The quantitative estimate of drug-likeness (QED) is 0.434. The molecular formula is C23H27N3O4S3. The molecular weight excluding hydrogens is 478 g/mol. The third-order valence-corrected chi connectivity index (χ3v) is 8.60. The third kappa shape index (κ3) is 6.13.